The normalized spacial score (nSPS) is 13.7. The van der Waals surface area contributed by atoms with Gasteiger partial charge < -0.3 is 4.90 Å². The SMILES string of the molecule is CCCC(CCC)N1CC[n+]2cc(-c3ccc(Cl)cc3C)c3nc(C)cc1n32. The molecule has 0 N–H and O–H groups in total. The zero-order valence-corrected chi connectivity index (χ0v) is 18.1. The van der Waals surface area contributed by atoms with Crippen LogP contribution in [0.25, 0.3) is 16.8 Å². The second-order valence-corrected chi connectivity index (χ2v) is 8.42. The molecule has 0 atom stereocenters. The lowest BCUT2D eigenvalue weighted by Gasteiger charge is -2.34. The molecule has 28 heavy (non-hydrogen) atoms. The van der Waals surface area contributed by atoms with E-state index in [4.69, 9.17) is 16.6 Å². The van der Waals surface area contributed by atoms with Crippen LogP contribution in [0.2, 0.25) is 5.02 Å². The molecule has 0 radical (unpaired) electrons. The number of rotatable bonds is 6. The summed E-state index contributed by atoms with van der Waals surface area (Å²) in [4.78, 5) is 7.57. The van der Waals surface area contributed by atoms with Gasteiger partial charge in [-0.25, -0.2) is 4.98 Å². The van der Waals surface area contributed by atoms with E-state index >= 15 is 0 Å². The quantitative estimate of drug-likeness (QED) is 0.524. The summed E-state index contributed by atoms with van der Waals surface area (Å²) in [6.07, 6.45) is 7.17. The first-order valence-corrected chi connectivity index (χ1v) is 10.9. The van der Waals surface area contributed by atoms with Gasteiger partial charge in [0.2, 0.25) is 11.8 Å². The lowest BCUT2D eigenvalue weighted by atomic mass is 10.0. The molecule has 3 heterocycles. The van der Waals surface area contributed by atoms with Gasteiger partial charge >= 0.3 is 0 Å². The van der Waals surface area contributed by atoms with E-state index in [0.29, 0.717) is 6.04 Å². The maximum atomic E-state index is 6.20. The molecule has 0 saturated carbocycles. The Kier molecular flexibility index (Phi) is 5.33. The molecule has 0 fully saturated rings. The Hall–Kier alpha value is -2.07. The third-order valence-electron chi connectivity index (χ3n) is 5.84. The predicted octanol–water partition coefficient (Wildman–Crippen LogP) is 5.35. The topological polar surface area (TPSA) is 24.4 Å². The van der Waals surface area contributed by atoms with Crippen molar-refractivity contribution in [1.29, 1.82) is 0 Å². The standard InChI is InChI=1S/C23H30ClN4/c1-5-7-19(8-6-2)27-12-11-26-15-21(20-10-9-18(24)13-16(20)3)23-25-17(4)14-22(27)28(23)26/h9-10,13-15,19H,5-8,11-12H2,1-4H3/q+1. The number of hydrogen-bond donors (Lipinski definition) is 0. The molecule has 0 amide bonds. The second-order valence-electron chi connectivity index (χ2n) is 7.98. The third kappa shape index (κ3) is 3.28. The number of benzene rings is 1. The highest BCUT2D eigenvalue weighted by atomic mass is 35.5. The number of halogens is 1. The van der Waals surface area contributed by atoms with E-state index in [1.807, 2.05) is 12.1 Å². The summed E-state index contributed by atoms with van der Waals surface area (Å²) >= 11 is 6.20. The van der Waals surface area contributed by atoms with Gasteiger partial charge in [-0.1, -0.05) is 48.9 Å². The van der Waals surface area contributed by atoms with Gasteiger partial charge in [-0.2, -0.15) is 0 Å². The first kappa shape index (κ1) is 19.3. The van der Waals surface area contributed by atoms with E-state index in [2.05, 4.69) is 60.1 Å². The van der Waals surface area contributed by atoms with Gasteiger partial charge in [0, 0.05) is 22.8 Å². The summed E-state index contributed by atoms with van der Waals surface area (Å²) in [5, 5.41) is 0.778. The van der Waals surface area contributed by atoms with E-state index in [1.54, 1.807) is 0 Å². The summed E-state index contributed by atoms with van der Waals surface area (Å²) in [5.41, 5.74) is 5.68. The minimum absolute atomic E-state index is 0.594. The van der Waals surface area contributed by atoms with Crippen molar-refractivity contribution >= 4 is 23.1 Å². The van der Waals surface area contributed by atoms with Crippen LogP contribution < -0.4 is 9.58 Å². The highest BCUT2D eigenvalue weighted by Gasteiger charge is 2.32. The lowest BCUT2D eigenvalue weighted by Crippen LogP contribution is -2.53. The van der Waals surface area contributed by atoms with Gasteiger partial charge in [-0.05, 0) is 49.9 Å². The zero-order chi connectivity index (χ0) is 19.8. The summed E-state index contributed by atoms with van der Waals surface area (Å²) in [6.45, 7) is 10.8. The van der Waals surface area contributed by atoms with Crippen LogP contribution in [0, 0.1) is 13.8 Å². The summed E-state index contributed by atoms with van der Waals surface area (Å²) < 4.78 is 4.64. The smallest absolute Gasteiger partial charge is 0.209 e. The second kappa shape index (κ2) is 7.75. The van der Waals surface area contributed by atoms with E-state index in [1.165, 1.54) is 48.2 Å². The van der Waals surface area contributed by atoms with Crippen molar-refractivity contribution in [1.82, 2.24) is 9.50 Å². The summed E-state index contributed by atoms with van der Waals surface area (Å²) in [5.74, 6) is 1.28. The van der Waals surface area contributed by atoms with Crippen LogP contribution >= 0.6 is 11.6 Å². The van der Waals surface area contributed by atoms with Gasteiger partial charge in [0.25, 0.3) is 0 Å². The predicted molar refractivity (Wildman–Crippen MR) is 116 cm³/mol. The molecule has 148 valence electrons. The molecule has 1 aromatic carbocycles. The largest absolute Gasteiger partial charge is 0.344 e. The Labute approximate surface area is 172 Å². The Morgan fingerprint density at radius 2 is 1.86 bits per heavy atom. The molecule has 0 bridgehead atoms. The lowest BCUT2D eigenvalue weighted by molar-refractivity contribution is -0.760. The van der Waals surface area contributed by atoms with Crippen LogP contribution in [0.15, 0.2) is 30.5 Å². The van der Waals surface area contributed by atoms with E-state index in [0.717, 1.165) is 29.5 Å². The minimum Gasteiger partial charge on any atom is -0.344 e. The number of anilines is 1. The summed E-state index contributed by atoms with van der Waals surface area (Å²) in [7, 11) is 0. The molecule has 0 aliphatic carbocycles. The molecular weight excluding hydrogens is 368 g/mol. The van der Waals surface area contributed by atoms with E-state index in [9.17, 15) is 0 Å². The monoisotopic (exact) mass is 397 g/mol. The average Bonchev–Trinajstić information content (AvgIpc) is 3.01. The maximum absolute atomic E-state index is 6.20. The number of hydrogen-bond acceptors (Lipinski definition) is 2. The van der Waals surface area contributed by atoms with Crippen molar-refractivity contribution in [3.05, 3.63) is 46.7 Å². The molecule has 3 aromatic rings. The van der Waals surface area contributed by atoms with Crippen molar-refractivity contribution in [2.75, 3.05) is 11.4 Å². The average molecular weight is 398 g/mol. The first-order chi connectivity index (χ1) is 13.5. The van der Waals surface area contributed by atoms with Crippen molar-refractivity contribution in [3.8, 4) is 11.1 Å². The van der Waals surface area contributed by atoms with E-state index in [-0.39, 0.29) is 0 Å². The summed E-state index contributed by atoms with van der Waals surface area (Å²) in [6, 6.07) is 8.97. The zero-order valence-electron chi connectivity index (χ0n) is 17.4. The molecule has 0 unspecified atom stereocenters. The fraction of sp³-hybridized carbons (Fsp3) is 0.478. The number of aromatic nitrogens is 3. The first-order valence-electron chi connectivity index (χ1n) is 10.5. The Balaban J connectivity index is 1.90. The molecule has 0 spiro atoms. The molecule has 2 aromatic heterocycles. The van der Waals surface area contributed by atoms with Gasteiger partial charge in [-0.15, -0.1) is 4.68 Å². The number of aryl methyl sites for hydroxylation is 2. The highest BCUT2D eigenvalue weighted by Crippen LogP contribution is 2.32. The van der Waals surface area contributed by atoms with Gasteiger partial charge in [0.1, 0.15) is 0 Å². The van der Waals surface area contributed by atoms with E-state index < -0.39 is 0 Å². The van der Waals surface area contributed by atoms with Crippen LogP contribution in [0.5, 0.6) is 0 Å². The van der Waals surface area contributed by atoms with Crippen LogP contribution in [0.3, 0.4) is 0 Å². The van der Waals surface area contributed by atoms with Crippen molar-refractivity contribution in [2.24, 2.45) is 0 Å². The molecule has 1 aliphatic rings. The van der Waals surface area contributed by atoms with Crippen LogP contribution in [-0.4, -0.2) is 22.1 Å². The Morgan fingerprint density at radius 1 is 1.11 bits per heavy atom. The molecule has 4 nitrogen and oxygen atoms in total. The Morgan fingerprint density at radius 3 is 2.54 bits per heavy atom. The van der Waals surface area contributed by atoms with Gasteiger partial charge in [-0.3, -0.25) is 0 Å². The van der Waals surface area contributed by atoms with Crippen molar-refractivity contribution in [2.45, 2.75) is 66.0 Å². The van der Waals surface area contributed by atoms with Crippen LogP contribution in [-0.2, 0) is 6.54 Å². The van der Waals surface area contributed by atoms with Crippen molar-refractivity contribution in [3.63, 3.8) is 0 Å². The molecule has 5 heteroatoms. The van der Waals surface area contributed by atoms with Gasteiger partial charge in [0.15, 0.2) is 12.4 Å². The minimum atomic E-state index is 0.594. The fourth-order valence-electron chi connectivity index (χ4n) is 4.60. The van der Waals surface area contributed by atoms with Crippen molar-refractivity contribution < 1.29 is 4.68 Å². The Bertz CT molecular complexity index is 1000. The van der Waals surface area contributed by atoms with Crippen LogP contribution in [0.4, 0.5) is 5.82 Å². The molecule has 4 rings (SSSR count). The molecule has 1 aliphatic heterocycles. The van der Waals surface area contributed by atoms with Gasteiger partial charge in [0.05, 0.1) is 12.1 Å². The molecule has 0 saturated heterocycles. The molecular formula is C23H30ClN4+. The fourth-order valence-corrected chi connectivity index (χ4v) is 4.83. The highest BCUT2D eigenvalue weighted by molar-refractivity contribution is 6.30. The third-order valence-corrected chi connectivity index (χ3v) is 6.08. The number of nitrogens with zero attached hydrogens (tertiary/aromatic N) is 4. The maximum Gasteiger partial charge on any atom is 0.209 e. The van der Waals surface area contributed by atoms with Crippen LogP contribution in [0.1, 0.15) is 50.8 Å².